The quantitative estimate of drug-likeness (QED) is 0.302. The van der Waals surface area contributed by atoms with Gasteiger partial charge in [0.1, 0.15) is 29.4 Å². The summed E-state index contributed by atoms with van der Waals surface area (Å²) in [6.45, 7) is 4.20. The molecule has 11 heteroatoms. The number of rotatable bonds is 5. The van der Waals surface area contributed by atoms with E-state index >= 15 is 0 Å². The summed E-state index contributed by atoms with van der Waals surface area (Å²) < 4.78 is 0. The van der Waals surface area contributed by atoms with Gasteiger partial charge in [-0.1, -0.05) is 24.3 Å². The number of aliphatic hydroxyl groups is 1. The second kappa shape index (κ2) is 15.3. The van der Waals surface area contributed by atoms with Gasteiger partial charge in [-0.05, 0) is 87.4 Å². The summed E-state index contributed by atoms with van der Waals surface area (Å²) in [5.41, 5.74) is 13.4. The van der Waals surface area contributed by atoms with Crippen molar-refractivity contribution in [1.82, 2.24) is 15.5 Å². The third-order valence-electron chi connectivity index (χ3n) is 7.78. The molecule has 0 aromatic heterocycles. The fraction of sp³-hybridized carbons (Fsp3) is 0.484. The molecule has 1 aromatic carbocycles. The van der Waals surface area contributed by atoms with Crippen molar-refractivity contribution in [2.45, 2.75) is 70.5 Å². The van der Waals surface area contributed by atoms with Gasteiger partial charge in [0, 0.05) is 25.4 Å². The Kier molecular flexibility index (Phi) is 11.9. The van der Waals surface area contributed by atoms with Gasteiger partial charge in [0.2, 0.25) is 17.7 Å². The minimum absolute atomic E-state index is 0.00429. The van der Waals surface area contributed by atoms with Crippen molar-refractivity contribution in [1.29, 1.82) is 0 Å². The van der Waals surface area contributed by atoms with Gasteiger partial charge in [0.15, 0.2) is 0 Å². The van der Waals surface area contributed by atoms with E-state index in [0.29, 0.717) is 42.5 Å². The number of allylic oxidation sites excluding steroid dienone is 4. The van der Waals surface area contributed by atoms with Gasteiger partial charge in [0.05, 0.1) is 6.04 Å². The Morgan fingerprint density at radius 1 is 1.14 bits per heavy atom. The Bertz CT molecular complexity index is 1260. The Balaban J connectivity index is 2.04. The fourth-order valence-electron chi connectivity index (χ4n) is 5.22. The Hall–Kier alpha value is -3.96. The summed E-state index contributed by atoms with van der Waals surface area (Å²) in [5.74, 6) is -1.94. The second-order valence-corrected chi connectivity index (χ2v) is 10.9. The van der Waals surface area contributed by atoms with Crippen molar-refractivity contribution >= 4 is 29.6 Å². The fourth-order valence-corrected chi connectivity index (χ4v) is 5.22. The molecule has 0 aliphatic carbocycles. The zero-order valence-corrected chi connectivity index (χ0v) is 24.3. The van der Waals surface area contributed by atoms with Gasteiger partial charge in [0.25, 0.3) is 0 Å². The van der Waals surface area contributed by atoms with Crippen LogP contribution in [0.3, 0.4) is 0 Å². The molecular formula is C31H43N5O6. The predicted octanol–water partition coefficient (Wildman–Crippen LogP) is 1.60. The molecule has 3 amide bonds. The molecule has 228 valence electrons. The van der Waals surface area contributed by atoms with E-state index in [0.717, 1.165) is 0 Å². The summed E-state index contributed by atoms with van der Waals surface area (Å²) in [7, 11) is 0. The van der Waals surface area contributed by atoms with Crippen molar-refractivity contribution in [2.75, 3.05) is 19.6 Å². The van der Waals surface area contributed by atoms with Crippen molar-refractivity contribution in [3.8, 4) is 5.75 Å². The third kappa shape index (κ3) is 8.77. The predicted molar refractivity (Wildman–Crippen MR) is 160 cm³/mol. The van der Waals surface area contributed by atoms with Gasteiger partial charge in [-0.15, -0.1) is 0 Å². The Morgan fingerprint density at radius 2 is 1.90 bits per heavy atom. The molecule has 3 rings (SSSR count). The number of carbonyl (C=O) groups is 4. The van der Waals surface area contributed by atoms with Crippen LogP contribution in [0.5, 0.6) is 5.75 Å². The number of phenols is 1. The van der Waals surface area contributed by atoms with E-state index in [9.17, 15) is 29.4 Å². The van der Waals surface area contributed by atoms with Crippen molar-refractivity contribution in [2.24, 2.45) is 17.4 Å². The molecule has 2 bridgehead atoms. The molecule has 2 aliphatic rings. The number of ketones is 1. The highest BCUT2D eigenvalue weighted by Crippen LogP contribution is 2.24. The number of nitrogens with one attached hydrogen (secondary N) is 2. The maximum Gasteiger partial charge on any atom is 0.245 e. The average Bonchev–Trinajstić information content (AvgIpc) is 2.97. The zero-order chi connectivity index (χ0) is 30.8. The molecule has 11 nitrogen and oxygen atoms in total. The first kappa shape index (κ1) is 32.6. The largest absolute Gasteiger partial charge is 0.508 e. The van der Waals surface area contributed by atoms with Crippen LogP contribution in [0, 0.1) is 5.92 Å². The molecule has 1 saturated heterocycles. The number of piperidine rings is 1. The minimum Gasteiger partial charge on any atom is -0.508 e. The molecule has 3 unspecified atom stereocenters. The number of fused-ring (bicyclic) bond motifs is 2. The molecule has 0 radical (unpaired) electrons. The first-order valence-electron chi connectivity index (χ1n) is 14.4. The maximum absolute atomic E-state index is 13.8. The summed E-state index contributed by atoms with van der Waals surface area (Å²) in [6, 6.07) is 1.74. The second-order valence-electron chi connectivity index (χ2n) is 10.9. The highest BCUT2D eigenvalue weighted by atomic mass is 16.3. The van der Waals surface area contributed by atoms with Crippen molar-refractivity contribution in [3.63, 3.8) is 0 Å². The van der Waals surface area contributed by atoms with Gasteiger partial charge >= 0.3 is 0 Å². The van der Waals surface area contributed by atoms with Crippen LogP contribution in [-0.4, -0.2) is 76.4 Å². The van der Waals surface area contributed by atoms with E-state index in [4.69, 9.17) is 11.5 Å². The Labute approximate surface area is 246 Å². The first-order valence-corrected chi connectivity index (χ1v) is 14.4. The lowest BCUT2D eigenvalue weighted by Gasteiger charge is -2.34. The number of carbonyl (C=O) groups excluding carboxylic acids is 4. The van der Waals surface area contributed by atoms with Crippen LogP contribution in [0.25, 0.3) is 6.08 Å². The molecule has 0 saturated carbocycles. The number of amides is 3. The van der Waals surface area contributed by atoms with Gasteiger partial charge in [-0.3, -0.25) is 19.2 Å². The minimum atomic E-state index is -1.08. The third-order valence-corrected chi connectivity index (χ3v) is 7.78. The van der Waals surface area contributed by atoms with E-state index in [1.54, 1.807) is 42.2 Å². The number of aliphatic hydroxyl groups excluding tert-OH is 1. The normalized spacial score (nSPS) is 27.3. The standard InChI is InChI=1S/C31H43N5O6/c1-3-21-16-24(33)29(40)34-25(9-5-13-32)30(41)35-26(31(42)36-14-6-8-22(18-36)19(2)37)17-23-15-20(11-12-28(23)39)7-4-10-27(21)38/h3-4,7,10-12,15,22,24-26,38-39H,5-6,8-9,13-14,16-18,32-33H2,1-2H3,(H,34,40)(H,35,41)/b7-4-,21-3-,27-10+/t22?,24?,25-,26?/m0/s1. The number of aromatic hydroxyl groups is 1. The number of hydrogen-bond acceptors (Lipinski definition) is 8. The van der Waals surface area contributed by atoms with E-state index in [1.165, 1.54) is 19.1 Å². The van der Waals surface area contributed by atoms with E-state index in [-0.39, 0.29) is 61.5 Å². The van der Waals surface area contributed by atoms with E-state index in [2.05, 4.69) is 10.6 Å². The van der Waals surface area contributed by atoms with Crippen LogP contribution >= 0.6 is 0 Å². The molecule has 0 spiro atoms. The molecule has 4 atom stereocenters. The van der Waals surface area contributed by atoms with E-state index in [1.807, 2.05) is 0 Å². The number of phenolic OH excluding ortho intramolecular Hbond substituents is 1. The highest BCUT2D eigenvalue weighted by molar-refractivity contribution is 5.93. The number of nitrogens with zero attached hydrogens (tertiary/aromatic N) is 1. The summed E-state index contributed by atoms with van der Waals surface area (Å²) >= 11 is 0. The van der Waals surface area contributed by atoms with Crippen LogP contribution < -0.4 is 22.1 Å². The van der Waals surface area contributed by atoms with Crippen LogP contribution in [0.2, 0.25) is 0 Å². The number of Topliss-reactive ketones (excluding diaryl/α,β-unsaturated/α-hetero) is 1. The summed E-state index contributed by atoms with van der Waals surface area (Å²) in [6.07, 6.45) is 8.47. The average molecular weight is 582 g/mol. The molecule has 2 heterocycles. The molecular weight excluding hydrogens is 538 g/mol. The first-order chi connectivity index (χ1) is 20.0. The SMILES string of the molecule is C\C=C1CC(N)C(=O)N[C@@H](CCCN)C(=O)NC(C(=O)N2CCCC(C(C)=O)C2)Cc2cc(ccc2O)\C=C/C=C\1O. The van der Waals surface area contributed by atoms with Crippen LogP contribution in [0.1, 0.15) is 57.1 Å². The monoisotopic (exact) mass is 581 g/mol. The number of likely N-dealkylation sites (tertiary alicyclic amines) is 1. The number of nitrogens with two attached hydrogens (primary N) is 2. The maximum atomic E-state index is 13.8. The number of benzene rings is 1. The molecule has 1 aromatic rings. The lowest BCUT2D eigenvalue weighted by atomic mass is 9.93. The molecule has 8 N–H and O–H groups in total. The van der Waals surface area contributed by atoms with Crippen molar-refractivity contribution in [3.05, 3.63) is 58.9 Å². The molecule has 42 heavy (non-hydrogen) atoms. The van der Waals surface area contributed by atoms with Crippen molar-refractivity contribution < 1.29 is 29.4 Å². The molecule has 1 fully saturated rings. The Morgan fingerprint density at radius 3 is 2.60 bits per heavy atom. The highest BCUT2D eigenvalue weighted by Gasteiger charge is 2.34. The zero-order valence-electron chi connectivity index (χ0n) is 24.3. The smallest absolute Gasteiger partial charge is 0.245 e. The topological polar surface area (TPSA) is 188 Å². The van der Waals surface area contributed by atoms with Gasteiger partial charge in [-0.25, -0.2) is 0 Å². The van der Waals surface area contributed by atoms with E-state index < -0.39 is 29.9 Å². The van der Waals surface area contributed by atoms with Gasteiger partial charge in [-0.2, -0.15) is 0 Å². The number of hydrogen-bond donors (Lipinski definition) is 6. The lowest BCUT2D eigenvalue weighted by Crippen LogP contribution is -2.57. The lowest BCUT2D eigenvalue weighted by molar-refractivity contribution is -0.139. The van der Waals surface area contributed by atoms with Crippen LogP contribution in [0.15, 0.2) is 47.8 Å². The summed E-state index contributed by atoms with van der Waals surface area (Å²) in [5, 5.41) is 26.8. The molecule has 2 aliphatic heterocycles. The van der Waals surface area contributed by atoms with Crippen LogP contribution in [-0.2, 0) is 25.6 Å². The summed E-state index contributed by atoms with van der Waals surface area (Å²) in [4.78, 5) is 54.2. The van der Waals surface area contributed by atoms with Gasteiger partial charge < -0.3 is 37.2 Å². The van der Waals surface area contributed by atoms with Crippen LogP contribution in [0.4, 0.5) is 0 Å².